The van der Waals surface area contributed by atoms with Gasteiger partial charge in [-0.2, -0.15) is 14.9 Å². The fraction of sp³-hybridized carbons (Fsp3) is 0.333. The Kier molecular flexibility index (Phi) is 8.60. The van der Waals surface area contributed by atoms with Crippen LogP contribution in [0.1, 0.15) is 44.7 Å². The van der Waals surface area contributed by atoms with Gasteiger partial charge in [-0.05, 0) is 60.2 Å². The number of fused-ring (bicyclic) bond motifs is 3. The third kappa shape index (κ3) is 5.98. The van der Waals surface area contributed by atoms with E-state index in [1.807, 2.05) is 32.9 Å². The molecule has 2 bridgehead atoms. The maximum atomic E-state index is 15.4. The van der Waals surface area contributed by atoms with E-state index in [1.54, 1.807) is 43.9 Å². The Morgan fingerprint density at radius 1 is 1.04 bits per heavy atom. The highest BCUT2D eigenvalue weighted by molar-refractivity contribution is 6.64. The van der Waals surface area contributed by atoms with Crippen LogP contribution in [-0.2, 0) is 23.9 Å². The van der Waals surface area contributed by atoms with Crippen LogP contribution in [0.4, 0.5) is 21.6 Å². The Balaban J connectivity index is 1.20. The molecule has 255 valence electrons. The number of anilines is 3. The molecule has 2 aliphatic heterocycles. The number of hydrogen-bond donors (Lipinski definition) is 2. The Hall–Kier alpha value is -5.21. The van der Waals surface area contributed by atoms with Crippen LogP contribution >= 0.6 is 0 Å². The zero-order chi connectivity index (χ0) is 35.3. The van der Waals surface area contributed by atoms with Gasteiger partial charge < -0.3 is 24.9 Å². The molecule has 2 aromatic carbocycles. The SMILES string of the molecule is Cn1nc(-c2cccc(-n3ncc4cc(C(C)(C)C)cc(F)c4c3=O)c2CO)cc(Nc2ccc(N3C4CCC3CN([B]C=O)C4)cn2)c1=O. The van der Waals surface area contributed by atoms with Crippen molar-refractivity contribution >= 4 is 41.6 Å². The first-order valence-corrected chi connectivity index (χ1v) is 16.5. The molecule has 5 aromatic rings. The molecule has 7 rings (SSSR count). The molecule has 1 radical (unpaired) electrons. The van der Waals surface area contributed by atoms with Crippen molar-refractivity contribution in [3.05, 3.63) is 98.6 Å². The molecule has 0 amide bonds. The number of aromatic nitrogens is 5. The molecule has 12 nitrogen and oxygen atoms in total. The lowest BCUT2D eigenvalue weighted by atomic mass is 9.86. The zero-order valence-electron chi connectivity index (χ0n) is 28.3. The summed E-state index contributed by atoms with van der Waals surface area (Å²) in [5, 5.41) is 22.8. The van der Waals surface area contributed by atoms with E-state index in [-0.39, 0.29) is 39.8 Å². The quantitative estimate of drug-likeness (QED) is 0.185. The van der Waals surface area contributed by atoms with Crippen LogP contribution in [0, 0.1) is 5.82 Å². The van der Waals surface area contributed by atoms with Gasteiger partial charge in [-0.15, -0.1) is 0 Å². The van der Waals surface area contributed by atoms with Gasteiger partial charge in [0.2, 0.25) is 0 Å². The summed E-state index contributed by atoms with van der Waals surface area (Å²) in [6.07, 6.45) is 6.15. The number of benzene rings is 2. The van der Waals surface area contributed by atoms with Crippen molar-refractivity contribution in [1.82, 2.24) is 29.4 Å². The number of halogens is 1. The molecule has 2 unspecified atom stereocenters. The average molecular weight is 676 g/mol. The summed E-state index contributed by atoms with van der Waals surface area (Å²) in [5.41, 5.74) is 1.96. The summed E-state index contributed by atoms with van der Waals surface area (Å²) in [6, 6.07) is 14.1. The molecular formula is C36H37BFN8O4. The maximum Gasteiger partial charge on any atom is 0.293 e. The third-order valence-corrected chi connectivity index (χ3v) is 9.67. The Morgan fingerprint density at radius 2 is 1.80 bits per heavy atom. The first kappa shape index (κ1) is 33.3. The van der Waals surface area contributed by atoms with E-state index in [4.69, 9.17) is 0 Å². The van der Waals surface area contributed by atoms with Crippen molar-refractivity contribution in [2.75, 3.05) is 23.3 Å². The lowest BCUT2D eigenvalue weighted by molar-refractivity contribution is 0.281. The lowest BCUT2D eigenvalue weighted by Crippen LogP contribution is -2.55. The summed E-state index contributed by atoms with van der Waals surface area (Å²) >= 11 is 0. The van der Waals surface area contributed by atoms with Crippen LogP contribution in [0.15, 0.2) is 70.5 Å². The largest absolute Gasteiger partial charge is 0.392 e. The topological polar surface area (TPSA) is 138 Å². The fourth-order valence-electron chi connectivity index (χ4n) is 7.16. The van der Waals surface area contributed by atoms with Gasteiger partial charge in [0.05, 0.1) is 47.6 Å². The molecule has 2 fully saturated rings. The van der Waals surface area contributed by atoms with Crippen molar-refractivity contribution < 1.29 is 14.3 Å². The molecular weight excluding hydrogens is 638 g/mol. The van der Waals surface area contributed by atoms with Crippen molar-refractivity contribution in [2.45, 2.75) is 57.7 Å². The fourth-order valence-corrected chi connectivity index (χ4v) is 7.16. The second-order valence-electron chi connectivity index (χ2n) is 13.9. The van der Waals surface area contributed by atoms with Crippen LogP contribution in [0.3, 0.4) is 0 Å². The monoisotopic (exact) mass is 675 g/mol. The molecule has 3 aromatic heterocycles. The number of aliphatic hydroxyl groups excluding tert-OH is 1. The molecule has 0 spiro atoms. The molecule has 2 saturated heterocycles. The van der Waals surface area contributed by atoms with Crippen LogP contribution in [0.2, 0.25) is 0 Å². The number of aryl methyl sites for hydroxylation is 1. The van der Waals surface area contributed by atoms with Crippen molar-refractivity contribution in [2.24, 2.45) is 7.05 Å². The number of pyridine rings is 1. The molecule has 14 heteroatoms. The third-order valence-electron chi connectivity index (χ3n) is 9.67. The Labute approximate surface area is 288 Å². The predicted octanol–water partition coefficient (Wildman–Crippen LogP) is 3.68. The number of carbonyl (C=O) groups is 1. The number of hydrogen-bond acceptors (Lipinski definition) is 10. The van der Waals surface area contributed by atoms with Gasteiger partial charge in [-0.3, -0.25) is 9.59 Å². The summed E-state index contributed by atoms with van der Waals surface area (Å²) in [4.78, 5) is 46.9. The van der Waals surface area contributed by atoms with Crippen molar-refractivity contribution in [3.8, 4) is 16.9 Å². The smallest absolute Gasteiger partial charge is 0.293 e. The van der Waals surface area contributed by atoms with Crippen LogP contribution in [0.5, 0.6) is 0 Å². The van der Waals surface area contributed by atoms with Crippen LogP contribution in [-0.4, -0.2) is 73.2 Å². The van der Waals surface area contributed by atoms with Gasteiger partial charge in [-0.1, -0.05) is 32.9 Å². The molecule has 2 aliphatic rings. The summed E-state index contributed by atoms with van der Waals surface area (Å²) in [5.74, 6) is -0.182. The number of aliphatic hydroxyl groups is 1. The first-order valence-electron chi connectivity index (χ1n) is 16.5. The van der Waals surface area contributed by atoms with Gasteiger partial charge >= 0.3 is 0 Å². The van der Waals surface area contributed by atoms with E-state index < -0.39 is 18.0 Å². The van der Waals surface area contributed by atoms with Crippen molar-refractivity contribution in [1.29, 1.82) is 0 Å². The Bertz CT molecular complexity index is 2220. The Morgan fingerprint density at radius 3 is 2.46 bits per heavy atom. The van der Waals surface area contributed by atoms with E-state index >= 15 is 4.39 Å². The second kappa shape index (κ2) is 12.9. The molecule has 0 saturated carbocycles. The molecule has 0 aliphatic carbocycles. The minimum absolute atomic E-state index is 0.0983. The predicted molar refractivity (Wildman–Crippen MR) is 191 cm³/mol. The number of rotatable bonds is 8. The molecule has 5 heterocycles. The van der Waals surface area contributed by atoms with Crippen LogP contribution in [0.25, 0.3) is 27.7 Å². The van der Waals surface area contributed by atoms with Gasteiger partial charge in [0, 0.05) is 48.7 Å². The highest BCUT2D eigenvalue weighted by Gasteiger charge is 2.39. The minimum Gasteiger partial charge on any atom is -0.392 e. The van der Waals surface area contributed by atoms with Gasteiger partial charge in [0.1, 0.15) is 17.3 Å². The van der Waals surface area contributed by atoms with E-state index in [0.717, 1.165) is 48.0 Å². The first-order chi connectivity index (χ1) is 24.0. The van der Waals surface area contributed by atoms with Gasteiger partial charge in [0.15, 0.2) is 0 Å². The number of nitrogens with one attached hydrogen (secondary N) is 1. The summed E-state index contributed by atoms with van der Waals surface area (Å²) < 4.78 is 17.7. The standard InChI is InChI=1S/C36H37BFN8O4/c1-36(2,3)22-12-21-15-40-46(35(50)33(21)28(38)13-22)31-7-5-6-26(27(31)19-47)29-14-30(34(49)43(4)42-29)41-32-11-10-23(16-39-32)45-24-8-9-25(45)18-44(17-24)37-20-48/h5-7,10-16,20,24-25,47H,8-9,17-19H2,1-4H3,(H,39,41). The molecule has 2 N–H and O–H groups in total. The van der Waals surface area contributed by atoms with E-state index in [0.29, 0.717) is 28.0 Å². The average Bonchev–Trinajstić information content (AvgIpc) is 3.35. The van der Waals surface area contributed by atoms with Crippen molar-refractivity contribution in [3.63, 3.8) is 0 Å². The van der Waals surface area contributed by atoms with E-state index in [9.17, 15) is 19.5 Å². The lowest BCUT2D eigenvalue weighted by Gasteiger charge is -2.42. The normalized spacial score (nSPS) is 17.7. The maximum absolute atomic E-state index is 15.4. The van der Waals surface area contributed by atoms with E-state index in [2.05, 4.69) is 30.2 Å². The zero-order valence-corrected chi connectivity index (χ0v) is 28.3. The summed E-state index contributed by atoms with van der Waals surface area (Å²) in [6.45, 7) is 6.97. The highest BCUT2D eigenvalue weighted by atomic mass is 19.1. The van der Waals surface area contributed by atoms with Crippen LogP contribution < -0.4 is 21.3 Å². The highest BCUT2D eigenvalue weighted by Crippen LogP contribution is 2.35. The molecule has 2 atom stereocenters. The second-order valence-corrected chi connectivity index (χ2v) is 13.9. The number of carbonyl (C=O) groups excluding carboxylic acids is 1. The summed E-state index contributed by atoms with van der Waals surface area (Å²) in [7, 11) is 3.14. The minimum atomic E-state index is -0.660. The molecule has 50 heavy (non-hydrogen) atoms. The number of nitrogens with zero attached hydrogens (tertiary/aromatic N) is 7. The number of piperazine rings is 1. The van der Waals surface area contributed by atoms with Gasteiger partial charge in [0.25, 0.3) is 18.5 Å². The van der Waals surface area contributed by atoms with Gasteiger partial charge in [-0.25, -0.2) is 14.1 Å². The van der Waals surface area contributed by atoms with E-state index in [1.165, 1.54) is 24.0 Å².